The van der Waals surface area contributed by atoms with Crippen molar-refractivity contribution < 1.29 is 4.74 Å². The molecule has 0 amide bonds. The number of hydrogen-bond donors (Lipinski definition) is 2. The summed E-state index contributed by atoms with van der Waals surface area (Å²) < 4.78 is 5.78. The second-order valence-corrected chi connectivity index (χ2v) is 8.08. The minimum atomic E-state index is 0.233. The monoisotopic (exact) mass is 366 g/mol. The normalized spacial score (nSPS) is 22.2. The number of guanidine groups is 1. The predicted octanol–water partition coefficient (Wildman–Crippen LogP) is 1.86. The van der Waals surface area contributed by atoms with E-state index in [1.54, 1.807) is 6.33 Å². The number of thioether (sulfide) groups is 1. The highest BCUT2D eigenvalue weighted by Gasteiger charge is 2.32. The molecule has 2 fully saturated rings. The maximum atomic E-state index is 5.54. The van der Waals surface area contributed by atoms with Crippen molar-refractivity contribution in [2.24, 2.45) is 4.99 Å². The van der Waals surface area contributed by atoms with Crippen LogP contribution >= 0.6 is 11.8 Å². The van der Waals surface area contributed by atoms with Crippen molar-refractivity contribution in [1.29, 1.82) is 0 Å². The summed E-state index contributed by atoms with van der Waals surface area (Å²) >= 11 is 1.95. The molecule has 0 spiro atoms. The van der Waals surface area contributed by atoms with E-state index in [-0.39, 0.29) is 4.75 Å². The Balaban J connectivity index is 1.60. The second-order valence-electron chi connectivity index (χ2n) is 6.80. The van der Waals surface area contributed by atoms with Crippen LogP contribution in [0.15, 0.2) is 11.3 Å². The molecule has 0 aliphatic carbocycles. The van der Waals surface area contributed by atoms with Gasteiger partial charge in [-0.2, -0.15) is 16.9 Å². The molecule has 2 saturated heterocycles. The highest BCUT2D eigenvalue weighted by atomic mass is 32.2. The van der Waals surface area contributed by atoms with Crippen molar-refractivity contribution in [1.82, 2.24) is 25.4 Å². The average molecular weight is 367 g/mol. The summed E-state index contributed by atoms with van der Waals surface area (Å²) in [4.78, 5) is 11.7. The first kappa shape index (κ1) is 18.5. The van der Waals surface area contributed by atoms with Crippen molar-refractivity contribution in [2.75, 3.05) is 45.6 Å². The summed E-state index contributed by atoms with van der Waals surface area (Å²) in [5, 5.41) is 10.5. The number of nitrogens with zero attached hydrogens (tertiary/aromatic N) is 4. The minimum Gasteiger partial charge on any atom is -0.381 e. The van der Waals surface area contributed by atoms with E-state index in [2.05, 4.69) is 38.6 Å². The zero-order valence-corrected chi connectivity index (χ0v) is 16.1. The fraction of sp³-hybridized carbons (Fsp3) is 0.824. The quantitative estimate of drug-likeness (QED) is 0.612. The van der Waals surface area contributed by atoms with Crippen LogP contribution in [0.3, 0.4) is 0 Å². The molecule has 1 aromatic rings. The van der Waals surface area contributed by atoms with Gasteiger partial charge < -0.3 is 15.0 Å². The Labute approximate surface area is 154 Å². The molecule has 2 aliphatic heterocycles. The van der Waals surface area contributed by atoms with Crippen LogP contribution in [0.2, 0.25) is 0 Å². The zero-order valence-electron chi connectivity index (χ0n) is 15.3. The molecule has 1 aromatic heterocycles. The van der Waals surface area contributed by atoms with Gasteiger partial charge in [-0.25, -0.2) is 4.98 Å². The lowest BCUT2D eigenvalue weighted by Crippen LogP contribution is -2.46. The third-order valence-corrected chi connectivity index (χ3v) is 6.71. The molecule has 3 rings (SSSR count). The van der Waals surface area contributed by atoms with E-state index < -0.39 is 0 Å². The molecule has 0 unspecified atom stereocenters. The van der Waals surface area contributed by atoms with Crippen molar-refractivity contribution in [3.8, 4) is 0 Å². The van der Waals surface area contributed by atoms with Gasteiger partial charge in [-0.3, -0.25) is 10.1 Å². The summed E-state index contributed by atoms with van der Waals surface area (Å²) in [6, 6.07) is 0. The van der Waals surface area contributed by atoms with Crippen molar-refractivity contribution >= 4 is 17.7 Å². The Bertz CT molecular complexity index is 535. The third kappa shape index (κ3) is 4.67. The molecule has 140 valence electrons. The van der Waals surface area contributed by atoms with E-state index in [1.807, 2.05) is 11.8 Å². The number of H-pyrrole nitrogens is 1. The highest BCUT2D eigenvalue weighted by molar-refractivity contribution is 8.00. The Morgan fingerprint density at radius 1 is 1.44 bits per heavy atom. The molecule has 25 heavy (non-hydrogen) atoms. The van der Waals surface area contributed by atoms with Crippen LogP contribution in [0, 0.1) is 0 Å². The first-order chi connectivity index (χ1) is 12.3. The van der Waals surface area contributed by atoms with E-state index in [1.165, 1.54) is 0 Å². The van der Waals surface area contributed by atoms with Crippen LogP contribution in [-0.4, -0.2) is 76.4 Å². The lowest BCUT2D eigenvalue weighted by atomic mass is 9.96. The highest BCUT2D eigenvalue weighted by Crippen LogP contribution is 2.34. The molecular weight excluding hydrogens is 336 g/mol. The lowest BCUT2D eigenvalue weighted by Gasteiger charge is -2.36. The maximum absolute atomic E-state index is 5.54. The van der Waals surface area contributed by atoms with E-state index in [9.17, 15) is 0 Å². The second kappa shape index (κ2) is 8.89. The number of aromatic amines is 1. The topological polar surface area (TPSA) is 78.4 Å². The number of hydrogen-bond acceptors (Lipinski definition) is 5. The Morgan fingerprint density at radius 2 is 2.20 bits per heavy atom. The van der Waals surface area contributed by atoms with Gasteiger partial charge in [0.15, 0.2) is 5.96 Å². The van der Waals surface area contributed by atoms with Gasteiger partial charge in [-0.15, -0.1) is 0 Å². The summed E-state index contributed by atoms with van der Waals surface area (Å²) in [7, 11) is 0. The number of rotatable bonds is 5. The fourth-order valence-corrected chi connectivity index (χ4v) is 4.36. The molecule has 3 heterocycles. The first-order valence-electron chi connectivity index (χ1n) is 9.28. The molecule has 0 aromatic carbocycles. The minimum absolute atomic E-state index is 0.233. The van der Waals surface area contributed by atoms with Crippen molar-refractivity contribution in [2.45, 2.75) is 43.3 Å². The van der Waals surface area contributed by atoms with Crippen LogP contribution in [0.4, 0.5) is 0 Å². The number of aromatic nitrogens is 3. The molecular formula is C17H30N6OS. The fourth-order valence-electron chi connectivity index (χ4n) is 3.59. The standard InChI is InChI=1S/C17H30N6OS/c1-3-18-16(19-12-17(25-2)6-10-24-11-7-17)23-8-4-14(5-9-23)15-20-13-21-22-15/h13-14H,3-12H2,1-2H3,(H,18,19)(H,20,21,22). The van der Waals surface area contributed by atoms with Gasteiger partial charge in [-0.05, 0) is 38.9 Å². The van der Waals surface area contributed by atoms with E-state index in [0.29, 0.717) is 5.92 Å². The van der Waals surface area contributed by atoms with Crippen molar-refractivity contribution in [3.63, 3.8) is 0 Å². The Hall–Kier alpha value is -1.28. The molecule has 0 saturated carbocycles. The average Bonchev–Trinajstić information content (AvgIpc) is 3.21. The number of piperidine rings is 1. The van der Waals surface area contributed by atoms with Gasteiger partial charge in [-0.1, -0.05) is 0 Å². The molecule has 2 aliphatic rings. The summed E-state index contributed by atoms with van der Waals surface area (Å²) in [6.07, 6.45) is 8.15. The summed E-state index contributed by atoms with van der Waals surface area (Å²) in [5.41, 5.74) is 0. The van der Waals surface area contributed by atoms with Gasteiger partial charge in [0.05, 0.1) is 6.54 Å². The van der Waals surface area contributed by atoms with Gasteiger partial charge in [0, 0.05) is 43.5 Å². The zero-order chi connectivity index (χ0) is 17.5. The van der Waals surface area contributed by atoms with Crippen LogP contribution in [0.5, 0.6) is 0 Å². The SMILES string of the molecule is CCNC(=NCC1(SC)CCOCC1)N1CCC(c2ncn[nH]2)CC1. The predicted molar refractivity (Wildman–Crippen MR) is 102 cm³/mol. The van der Waals surface area contributed by atoms with Gasteiger partial charge >= 0.3 is 0 Å². The van der Waals surface area contributed by atoms with E-state index >= 15 is 0 Å². The Kier molecular flexibility index (Phi) is 6.58. The van der Waals surface area contributed by atoms with Crippen LogP contribution < -0.4 is 5.32 Å². The molecule has 0 atom stereocenters. The molecule has 0 bridgehead atoms. The van der Waals surface area contributed by atoms with E-state index in [4.69, 9.17) is 9.73 Å². The molecule has 0 radical (unpaired) electrons. The summed E-state index contributed by atoms with van der Waals surface area (Å²) in [6.45, 7) is 7.62. The maximum Gasteiger partial charge on any atom is 0.193 e. The number of nitrogens with one attached hydrogen (secondary N) is 2. The van der Waals surface area contributed by atoms with Crippen LogP contribution in [0.1, 0.15) is 44.3 Å². The number of likely N-dealkylation sites (tertiary alicyclic amines) is 1. The molecule has 7 nitrogen and oxygen atoms in total. The van der Waals surface area contributed by atoms with Gasteiger partial charge in [0.25, 0.3) is 0 Å². The number of ether oxygens (including phenoxy) is 1. The van der Waals surface area contributed by atoms with Crippen LogP contribution in [0.25, 0.3) is 0 Å². The third-order valence-electron chi connectivity index (χ3n) is 5.30. The molecule has 8 heteroatoms. The lowest BCUT2D eigenvalue weighted by molar-refractivity contribution is 0.0793. The van der Waals surface area contributed by atoms with Gasteiger partial charge in [0.2, 0.25) is 0 Å². The smallest absolute Gasteiger partial charge is 0.193 e. The molecule has 2 N–H and O–H groups in total. The van der Waals surface area contributed by atoms with E-state index in [0.717, 1.165) is 76.9 Å². The largest absolute Gasteiger partial charge is 0.381 e. The van der Waals surface area contributed by atoms with Gasteiger partial charge in [0.1, 0.15) is 12.2 Å². The van der Waals surface area contributed by atoms with Crippen LogP contribution in [-0.2, 0) is 4.74 Å². The Morgan fingerprint density at radius 3 is 2.80 bits per heavy atom. The summed E-state index contributed by atoms with van der Waals surface area (Å²) in [5.74, 6) is 2.55. The number of aliphatic imine (C=N–C) groups is 1. The van der Waals surface area contributed by atoms with Crippen molar-refractivity contribution in [3.05, 3.63) is 12.2 Å². The first-order valence-corrected chi connectivity index (χ1v) is 10.5.